The molecule has 0 aromatic heterocycles. The van der Waals surface area contributed by atoms with E-state index in [1.807, 2.05) is 18.7 Å². The number of carbonyl (C=O) groups excluding carboxylic acids is 1. The number of amides is 1. The zero-order chi connectivity index (χ0) is 18.6. The maximum atomic E-state index is 13.3. The van der Waals surface area contributed by atoms with Gasteiger partial charge < -0.3 is 14.8 Å². The summed E-state index contributed by atoms with van der Waals surface area (Å²) in [5.74, 6) is 0.261. The van der Waals surface area contributed by atoms with Gasteiger partial charge in [-0.1, -0.05) is 32.0 Å². The first-order valence-electron chi connectivity index (χ1n) is 8.53. The molecule has 0 saturated carbocycles. The quantitative estimate of drug-likeness (QED) is 0.814. The standard InChI is InChI=1S/C18H25F3N2O2/c1-13(2)10-23(15-7-5-9-22(12-15)17(24)25)11-14-6-3-4-8-16(14)18(19,20)21/h3-4,6,8,13,15H,5,7,9-12H2,1-2H3,(H,24,25)/p-1. The van der Waals surface area contributed by atoms with Crippen molar-refractivity contribution in [3.8, 4) is 0 Å². The molecule has 1 saturated heterocycles. The first-order chi connectivity index (χ1) is 11.7. The maximum absolute atomic E-state index is 13.3. The predicted octanol–water partition coefficient (Wildman–Crippen LogP) is 2.97. The molecule has 7 heteroatoms. The number of alkyl halides is 3. The van der Waals surface area contributed by atoms with Crippen molar-refractivity contribution >= 4 is 6.09 Å². The number of hydrogen-bond donors (Lipinski definition) is 0. The van der Waals surface area contributed by atoms with Crippen molar-refractivity contribution in [1.29, 1.82) is 0 Å². The van der Waals surface area contributed by atoms with E-state index >= 15 is 0 Å². The second kappa shape index (κ2) is 8.08. The minimum Gasteiger partial charge on any atom is -0.530 e. The highest BCUT2D eigenvalue weighted by Gasteiger charge is 2.34. The number of hydrogen-bond acceptors (Lipinski definition) is 3. The number of halogens is 3. The Morgan fingerprint density at radius 2 is 2.04 bits per heavy atom. The smallest absolute Gasteiger partial charge is 0.416 e. The molecular weight excluding hydrogens is 333 g/mol. The Labute approximate surface area is 146 Å². The van der Waals surface area contributed by atoms with Crippen LogP contribution in [0.1, 0.15) is 37.8 Å². The van der Waals surface area contributed by atoms with Crippen LogP contribution in [-0.4, -0.2) is 41.6 Å². The lowest BCUT2D eigenvalue weighted by Crippen LogP contribution is -2.53. The molecule has 25 heavy (non-hydrogen) atoms. The summed E-state index contributed by atoms with van der Waals surface area (Å²) in [6.45, 7) is 5.47. The molecule has 1 aromatic carbocycles. The molecule has 1 fully saturated rings. The van der Waals surface area contributed by atoms with Crippen LogP contribution in [-0.2, 0) is 12.7 Å². The van der Waals surface area contributed by atoms with E-state index in [-0.39, 0.29) is 30.6 Å². The van der Waals surface area contributed by atoms with Crippen molar-refractivity contribution in [2.75, 3.05) is 19.6 Å². The van der Waals surface area contributed by atoms with Gasteiger partial charge in [0.05, 0.1) is 5.56 Å². The van der Waals surface area contributed by atoms with Crippen molar-refractivity contribution in [2.45, 2.75) is 45.5 Å². The van der Waals surface area contributed by atoms with Gasteiger partial charge in [-0.2, -0.15) is 13.2 Å². The number of rotatable bonds is 5. The highest BCUT2D eigenvalue weighted by Crippen LogP contribution is 2.33. The van der Waals surface area contributed by atoms with Crippen LogP contribution in [0.5, 0.6) is 0 Å². The summed E-state index contributed by atoms with van der Waals surface area (Å²) in [6, 6.07) is 5.48. The third-order valence-electron chi connectivity index (χ3n) is 4.47. The second-order valence-electron chi connectivity index (χ2n) is 6.99. The molecule has 0 aliphatic carbocycles. The van der Waals surface area contributed by atoms with Crippen LogP contribution in [0.15, 0.2) is 24.3 Å². The maximum Gasteiger partial charge on any atom is 0.416 e. The van der Waals surface area contributed by atoms with E-state index < -0.39 is 17.8 Å². The van der Waals surface area contributed by atoms with Gasteiger partial charge in [0.15, 0.2) is 0 Å². The first-order valence-corrected chi connectivity index (χ1v) is 8.53. The van der Waals surface area contributed by atoms with Gasteiger partial charge in [-0.15, -0.1) is 0 Å². The average Bonchev–Trinajstić information content (AvgIpc) is 2.53. The van der Waals surface area contributed by atoms with Gasteiger partial charge in [-0.25, -0.2) is 0 Å². The van der Waals surface area contributed by atoms with Gasteiger partial charge in [0, 0.05) is 32.2 Å². The molecule has 1 aliphatic rings. The van der Waals surface area contributed by atoms with Gasteiger partial charge in [0.2, 0.25) is 0 Å². The van der Waals surface area contributed by atoms with Crippen LogP contribution in [0.2, 0.25) is 0 Å². The Kier molecular flexibility index (Phi) is 6.32. The van der Waals surface area contributed by atoms with Gasteiger partial charge in [-0.3, -0.25) is 4.90 Å². The largest absolute Gasteiger partial charge is 0.530 e. The van der Waals surface area contributed by atoms with Crippen molar-refractivity contribution < 1.29 is 23.1 Å². The normalized spacial score (nSPS) is 18.8. The summed E-state index contributed by atoms with van der Waals surface area (Å²) in [4.78, 5) is 14.4. The van der Waals surface area contributed by atoms with Crippen LogP contribution < -0.4 is 5.11 Å². The van der Waals surface area contributed by atoms with Crippen LogP contribution in [0.25, 0.3) is 0 Å². The molecule has 0 spiro atoms. The van der Waals surface area contributed by atoms with Gasteiger partial charge >= 0.3 is 6.18 Å². The lowest BCUT2D eigenvalue weighted by Gasteiger charge is -2.41. The minimum atomic E-state index is -4.40. The summed E-state index contributed by atoms with van der Waals surface area (Å²) in [5.41, 5.74) is -0.405. The number of piperidine rings is 1. The number of nitrogens with zero attached hydrogens (tertiary/aromatic N) is 2. The van der Waals surface area contributed by atoms with E-state index in [0.29, 0.717) is 19.5 Å². The lowest BCUT2D eigenvalue weighted by molar-refractivity contribution is -0.267. The minimum absolute atomic E-state index is 0.102. The van der Waals surface area contributed by atoms with Crippen molar-refractivity contribution in [3.05, 3.63) is 35.4 Å². The van der Waals surface area contributed by atoms with E-state index in [0.717, 1.165) is 12.5 Å². The highest BCUT2D eigenvalue weighted by molar-refractivity contribution is 5.62. The third-order valence-corrected chi connectivity index (χ3v) is 4.47. The Morgan fingerprint density at radius 3 is 2.64 bits per heavy atom. The molecule has 2 rings (SSSR count). The Bertz CT molecular complexity index is 590. The first kappa shape index (κ1) is 19.6. The third kappa shape index (κ3) is 5.36. The summed E-state index contributed by atoms with van der Waals surface area (Å²) in [7, 11) is 0. The van der Waals surface area contributed by atoms with Crippen LogP contribution in [0.3, 0.4) is 0 Å². The topological polar surface area (TPSA) is 46.6 Å². The van der Waals surface area contributed by atoms with Gasteiger partial charge in [0.1, 0.15) is 6.09 Å². The summed E-state index contributed by atoms with van der Waals surface area (Å²) in [6.07, 6.45) is -4.16. The molecule has 1 atom stereocenters. The van der Waals surface area contributed by atoms with Crippen molar-refractivity contribution in [3.63, 3.8) is 0 Å². The van der Waals surface area contributed by atoms with E-state index in [9.17, 15) is 23.1 Å². The molecule has 1 unspecified atom stereocenters. The van der Waals surface area contributed by atoms with Crippen molar-refractivity contribution in [1.82, 2.24) is 9.80 Å². The lowest BCUT2D eigenvalue weighted by atomic mass is 10.00. The SMILES string of the molecule is CC(C)CN(Cc1ccccc1C(F)(F)F)C1CCCN(C(=O)[O-])C1. The predicted molar refractivity (Wildman–Crippen MR) is 86.7 cm³/mol. The zero-order valence-corrected chi connectivity index (χ0v) is 14.6. The zero-order valence-electron chi connectivity index (χ0n) is 14.6. The molecule has 0 N–H and O–H groups in total. The Balaban J connectivity index is 2.23. The number of benzene rings is 1. The molecule has 140 valence electrons. The van der Waals surface area contributed by atoms with E-state index in [1.165, 1.54) is 17.0 Å². The molecular formula is C18H24F3N2O2-. The monoisotopic (exact) mass is 357 g/mol. The van der Waals surface area contributed by atoms with Crippen LogP contribution in [0, 0.1) is 5.92 Å². The average molecular weight is 357 g/mol. The van der Waals surface area contributed by atoms with Crippen LogP contribution >= 0.6 is 0 Å². The Hall–Kier alpha value is -1.76. The van der Waals surface area contributed by atoms with Gasteiger partial charge in [0.25, 0.3) is 0 Å². The van der Waals surface area contributed by atoms with E-state index in [4.69, 9.17) is 0 Å². The highest BCUT2D eigenvalue weighted by atomic mass is 19.4. The fourth-order valence-electron chi connectivity index (χ4n) is 3.38. The van der Waals surface area contributed by atoms with Crippen molar-refractivity contribution in [2.24, 2.45) is 5.92 Å². The number of likely N-dealkylation sites (tertiary alicyclic amines) is 1. The Morgan fingerprint density at radius 1 is 1.36 bits per heavy atom. The summed E-state index contributed by atoms with van der Waals surface area (Å²) >= 11 is 0. The molecule has 1 aliphatic heterocycles. The number of carboxylic acid groups (broad SMARTS) is 1. The fourth-order valence-corrected chi connectivity index (χ4v) is 3.38. The molecule has 0 radical (unpaired) electrons. The summed E-state index contributed by atoms with van der Waals surface area (Å²) < 4.78 is 39.8. The van der Waals surface area contributed by atoms with Gasteiger partial charge in [-0.05, 0) is 30.4 Å². The molecule has 0 bridgehead atoms. The van der Waals surface area contributed by atoms with E-state index in [1.54, 1.807) is 6.07 Å². The fraction of sp³-hybridized carbons (Fsp3) is 0.611. The molecule has 1 aromatic rings. The van der Waals surface area contributed by atoms with E-state index in [2.05, 4.69) is 0 Å². The van der Waals surface area contributed by atoms with Crippen LogP contribution in [0.4, 0.5) is 18.0 Å². The molecule has 1 amide bonds. The second-order valence-corrected chi connectivity index (χ2v) is 6.99. The summed E-state index contributed by atoms with van der Waals surface area (Å²) in [5, 5.41) is 11.1. The molecule has 4 nitrogen and oxygen atoms in total. The molecule has 1 heterocycles. The number of carbonyl (C=O) groups is 1.